The number of carbonyl (C=O) groups excluding carboxylic acids is 2. The van der Waals surface area contributed by atoms with Crippen molar-refractivity contribution in [3.63, 3.8) is 0 Å². The molecule has 0 fully saturated rings. The quantitative estimate of drug-likeness (QED) is 0.499. The van der Waals surface area contributed by atoms with Crippen LogP contribution in [0.4, 0.5) is 0 Å². The number of carbonyl (C=O) groups is 3. The minimum atomic E-state index is -0.943. The fourth-order valence-corrected chi connectivity index (χ4v) is 1.80. The standard InChI is InChI=1S/C16H16N2O6/c19-14(20)6-1-7-17-15(21)12(10-11-4-2-8-23-11)18-16(22)13-5-3-9-24-13/h2-5,8-10H,1,6-7H2,(H,17,21)(H,18,22)(H,19,20)/b12-10+. The van der Waals surface area contributed by atoms with E-state index in [9.17, 15) is 14.4 Å². The summed E-state index contributed by atoms with van der Waals surface area (Å²) in [5, 5.41) is 13.6. The van der Waals surface area contributed by atoms with Gasteiger partial charge >= 0.3 is 5.97 Å². The first-order valence-corrected chi connectivity index (χ1v) is 7.16. The molecule has 8 heteroatoms. The zero-order valence-electron chi connectivity index (χ0n) is 12.7. The van der Waals surface area contributed by atoms with Crippen molar-refractivity contribution in [1.29, 1.82) is 0 Å². The van der Waals surface area contributed by atoms with E-state index in [0.717, 1.165) is 0 Å². The minimum Gasteiger partial charge on any atom is -0.481 e. The van der Waals surface area contributed by atoms with Crippen molar-refractivity contribution in [3.05, 3.63) is 54.0 Å². The lowest BCUT2D eigenvalue weighted by atomic mass is 10.2. The molecule has 8 nitrogen and oxygen atoms in total. The third-order valence-electron chi connectivity index (χ3n) is 2.92. The van der Waals surface area contributed by atoms with E-state index >= 15 is 0 Å². The predicted molar refractivity (Wildman–Crippen MR) is 82.7 cm³/mol. The number of hydrogen-bond donors (Lipinski definition) is 3. The number of rotatable bonds is 8. The van der Waals surface area contributed by atoms with E-state index in [1.165, 1.54) is 24.7 Å². The summed E-state index contributed by atoms with van der Waals surface area (Å²) in [6.45, 7) is 0.164. The van der Waals surface area contributed by atoms with E-state index in [1.54, 1.807) is 18.2 Å². The average molecular weight is 332 g/mol. The number of furan rings is 2. The molecule has 2 amide bonds. The topological polar surface area (TPSA) is 122 Å². The molecule has 2 heterocycles. The molecule has 0 saturated carbocycles. The van der Waals surface area contributed by atoms with Crippen molar-refractivity contribution in [2.45, 2.75) is 12.8 Å². The monoisotopic (exact) mass is 332 g/mol. The van der Waals surface area contributed by atoms with Crippen LogP contribution in [0, 0.1) is 0 Å². The van der Waals surface area contributed by atoms with E-state index < -0.39 is 17.8 Å². The summed E-state index contributed by atoms with van der Waals surface area (Å²) in [5.74, 6) is -1.65. The second-order valence-corrected chi connectivity index (χ2v) is 4.76. The molecule has 2 aromatic rings. The van der Waals surface area contributed by atoms with Crippen molar-refractivity contribution in [2.24, 2.45) is 0 Å². The van der Waals surface area contributed by atoms with Crippen LogP contribution in [0.2, 0.25) is 0 Å². The van der Waals surface area contributed by atoms with E-state index in [0.29, 0.717) is 5.76 Å². The van der Waals surface area contributed by atoms with E-state index in [1.807, 2.05) is 0 Å². The van der Waals surface area contributed by atoms with Gasteiger partial charge in [0.25, 0.3) is 11.8 Å². The zero-order valence-corrected chi connectivity index (χ0v) is 12.7. The summed E-state index contributed by atoms with van der Waals surface area (Å²) in [5.41, 5.74) is -0.0401. The summed E-state index contributed by atoms with van der Waals surface area (Å²) in [6, 6.07) is 6.28. The molecule has 3 N–H and O–H groups in total. The van der Waals surface area contributed by atoms with Gasteiger partial charge in [0, 0.05) is 19.0 Å². The average Bonchev–Trinajstić information content (AvgIpc) is 3.23. The van der Waals surface area contributed by atoms with Crippen molar-refractivity contribution < 1.29 is 28.3 Å². The van der Waals surface area contributed by atoms with Crippen molar-refractivity contribution in [1.82, 2.24) is 10.6 Å². The van der Waals surface area contributed by atoms with Crippen LogP contribution in [0.5, 0.6) is 0 Å². The summed E-state index contributed by atoms with van der Waals surface area (Å²) in [7, 11) is 0. The molecule has 0 unspecified atom stereocenters. The highest BCUT2D eigenvalue weighted by Crippen LogP contribution is 2.08. The zero-order chi connectivity index (χ0) is 17.4. The van der Waals surface area contributed by atoms with Crippen molar-refractivity contribution in [3.8, 4) is 0 Å². The Kier molecular flexibility index (Phi) is 5.95. The van der Waals surface area contributed by atoms with Gasteiger partial charge in [0.2, 0.25) is 0 Å². The van der Waals surface area contributed by atoms with Gasteiger partial charge in [-0.25, -0.2) is 0 Å². The maximum Gasteiger partial charge on any atom is 0.303 e. The van der Waals surface area contributed by atoms with Gasteiger partial charge in [-0.2, -0.15) is 0 Å². The Bertz CT molecular complexity index is 716. The molecule has 126 valence electrons. The van der Waals surface area contributed by atoms with Gasteiger partial charge in [-0.1, -0.05) is 0 Å². The SMILES string of the molecule is O=C(O)CCCNC(=O)/C(=C\c1ccco1)NC(=O)c1ccco1. The summed E-state index contributed by atoms with van der Waals surface area (Å²) >= 11 is 0. The Morgan fingerprint density at radius 2 is 1.88 bits per heavy atom. The number of amides is 2. The molecule has 0 radical (unpaired) electrons. The number of nitrogens with one attached hydrogen (secondary N) is 2. The Hall–Kier alpha value is -3.29. The molecule has 0 saturated heterocycles. The van der Waals surface area contributed by atoms with Crippen LogP contribution in [0.25, 0.3) is 6.08 Å². The molecular formula is C16H16N2O6. The van der Waals surface area contributed by atoms with E-state index in [4.69, 9.17) is 13.9 Å². The Labute approximate surface area is 137 Å². The van der Waals surface area contributed by atoms with Gasteiger partial charge in [-0.05, 0) is 30.7 Å². The maximum absolute atomic E-state index is 12.2. The molecule has 0 aliphatic heterocycles. The Morgan fingerprint density at radius 1 is 1.12 bits per heavy atom. The third kappa shape index (κ3) is 5.16. The molecule has 0 spiro atoms. The number of hydrogen-bond acceptors (Lipinski definition) is 5. The molecule has 0 bridgehead atoms. The first kappa shape index (κ1) is 17.1. The van der Waals surface area contributed by atoms with Gasteiger partial charge < -0.3 is 24.6 Å². The predicted octanol–water partition coefficient (Wildman–Crippen LogP) is 1.62. The van der Waals surface area contributed by atoms with Crippen LogP contribution in [0.1, 0.15) is 29.2 Å². The van der Waals surface area contributed by atoms with Crippen LogP contribution in [-0.2, 0) is 9.59 Å². The fourth-order valence-electron chi connectivity index (χ4n) is 1.80. The van der Waals surface area contributed by atoms with Gasteiger partial charge in [0.05, 0.1) is 12.5 Å². The second kappa shape index (κ2) is 8.37. The molecule has 24 heavy (non-hydrogen) atoms. The molecule has 0 aromatic carbocycles. The maximum atomic E-state index is 12.2. The molecule has 2 rings (SSSR count). The van der Waals surface area contributed by atoms with Gasteiger partial charge in [0.15, 0.2) is 5.76 Å². The first-order valence-electron chi connectivity index (χ1n) is 7.16. The lowest BCUT2D eigenvalue weighted by Gasteiger charge is -2.09. The highest BCUT2D eigenvalue weighted by atomic mass is 16.4. The fraction of sp³-hybridized carbons (Fsp3) is 0.188. The van der Waals surface area contributed by atoms with Crippen LogP contribution in [-0.4, -0.2) is 29.4 Å². The van der Waals surface area contributed by atoms with E-state index in [-0.39, 0.29) is 30.8 Å². The number of aliphatic carboxylic acids is 1. The highest BCUT2D eigenvalue weighted by molar-refractivity contribution is 6.04. The summed E-state index contributed by atoms with van der Waals surface area (Å²) in [6.07, 6.45) is 4.37. The molecule has 0 atom stereocenters. The van der Waals surface area contributed by atoms with E-state index in [2.05, 4.69) is 10.6 Å². The largest absolute Gasteiger partial charge is 0.481 e. The summed E-state index contributed by atoms with van der Waals surface area (Å²) in [4.78, 5) is 34.7. The number of carboxylic acids is 1. The van der Waals surface area contributed by atoms with Gasteiger partial charge in [-0.3, -0.25) is 14.4 Å². The third-order valence-corrected chi connectivity index (χ3v) is 2.92. The number of carboxylic acid groups (broad SMARTS) is 1. The smallest absolute Gasteiger partial charge is 0.303 e. The van der Waals surface area contributed by atoms with Crippen LogP contribution < -0.4 is 10.6 Å². The van der Waals surface area contributed by atoms with Crippen LogP contribution in [0.3, 0.4) is 0 Å². The van der Waals surface area contributed by atoms with Crippen LogP contribution >= 0.6 is 0 Å². The van der Waals surface area contributed by atoms with Crippen molar-refractivity contribution >= 4 is 23.9 Å². The minimum absolute atomic E-state index is 0.0401. The molecule has 2 aromatic heterocycles. The Balaban J connectivity index is 2.04. The van der Waals surface area contributed by atoms with Crippen LogP contribution in [0.15, 0.2) is 51.3 Å². The van der Waals surface area contributed by atoms with Crippen molar-refractivity contribution in [2.75, 3.05) is 6.54 Å². The normalized spacial score (nSPS) is 11.1. The first-order chi connectivity index (χ1) is 11.6. The molecular weight excluding hydrogens is 316 g/mol. The lowest BCUT2D eigenvalue weighted by Crippen LogP contribution is -2.35. The van der Waals surface area contributed by atoms with Gasteiger partial charge in [0.1, 0.15) is 11.5 Å². The Morgan fingerprint density at radius 3 is 2.50 bits per heavy atom. The second-order valence-electron chi connectivity index (χ2n) is 4.76. The lowest BCUT2D eigenvalue weighted by molar-refractivity contribution is -0.137. The van der Waals surface area contributed by atoms with Gasteiger partial charge in [-0.15, -0.1) is 0 Å². The molecule has 0 aliphatic carbocycles. The summed E-state index contributed by atoms with van der Waals surface area (Å²) < 4.78 is 10.1. The molecule has 0 aliphatic rings. The highest BCUT2D eigenvalue weighted by Gasteiger charge is 2.16.